The van der Waals surface area contributed by atoms with E-state index in [9.17, 15) is 26.3 Å². The predicted octanol–water partition coefficient (Wildman–Crippen LogP) is 2.23. The van der Waals surface area contributed by atoms with Crippen LogP contribution >= 0.6 is 0 Å². The molecule has 0 radical (unpaired) electrons. The third-order valence-corrected chi connectivity index (χ3v) is 1.11. The maximum Gasteiger partial charge on any atom is 0.418 e. The Morgan fingerprint density at radius 3 is 1.55 bits per heavy atom. The zero-order valence-electron chi connectivity index (χ0n) is 4.88. The van der Waals surface area contributed by atoms with E-state index in [1.165, 1.54) is 0 Å². The molecule has 1 saturated heterocycles. The fourth-order valence-electron chi connectivity index (χ4n) is 0.574. The molecule has 7 heteroatoms. The fourth-order valence-corrected chi connectivity index (χ4v) is 0.574. The highest BCUT2D eigenvalue weighted by molar-refractivity contribution is 4.94. The maximum absolute atomic E-state index is 12.1. The number of rotatable bonds is 1. The molecule has 1 aliphatic rings. The standard InChI is InChI=1S/C4H2F6O/c5-2(1-3(6,7)8)4(9,10)11-2/h1H2. The minimum Gasteiger partial charge on any atom is -0.270 e. The van der Waals surface area contributed by atoms with Gasteiger partial charge in [0.1, 0.15) is 6.42 Å². The van der Waals surface area contributed by atoms with Crippen molar-refractivity contribution in [2.45, 2.75) is 24.6 Å². The second kappa shape index (κ2) is 1.82. The molecule has 0 aromatic carbocycles. The molecule has 0 saturated carbocycles. The highest BCUT2D eigenvalue weighted by atomic mass is 19.4. The largest absolute Gasteiger partial charge is 0.418 e. The van der Waals surface area contributed by atoms with Gasteiger partial charge in [0.2, 0.25) is 0 Å². The van der Waals surface area contributed by atoms with Crippen molar-refractivity contribution in [2.24, 2.45) is 0 Å². The van der Waals surface area contributed by atoms with Gasteiger partial charge in [-0.15, -0.1) is 0 Å². The summed E-state index contributed by atoms with van der Waals surface area (Å²) >= 11 is 0. The Morgan fingerprint density at radius 1 is 1.09 bits per heavy atom. The molecule has 0 bridgehead atoms. The Kier molecular flexibility index (Phi) is 1.43. The first-order chi connectivity index (χ1) is 4.66. The van der Waals surface area contributed by atoms with Crippen LogP contribution in [0.25, 0.3) is 0 Å². The lowest BCUT2D eigenvalue weighted by molar-refractivity contribution is -0.163. The summed E-state index contributed by atoms with van der Waals surface area (Å²) in [6, 6.07) is 0. The van der Waals surface area contributed by atoms with Gasteiger partial charge in [0.15, 0.2) is 0 Å². The maximum atomic E-state index is 12.1. The van der Waals surface area contributed by atoms with Gasteiger partial charge in [-0.2, -0.15) is 22.0 Å². The van der Waals surface area contributed by atoms with Crippen molar-refractivity contribution in [3.63, 3.8) is 0 Å². The van der Waals surface area contributed by atoms with Crippen molar-refractivity contribution < 1.29 is 31.1 Å². The minimum atomic E-state index is -4.98. The molecule has 66 valence electrons. The zero-order valence-corrected chi connectivity index (χ0v) is 4.88. The minimum absolute atomic E-state index is 2.27. The fraction of sp³-hybridized carbons (Fsp3) is 1.00. The Morgan fingerprint density at radius 2 is 1.45 bits per heavy atom. The molecule has 1 fully saturated rings. The highest BCUT2D eigenvalue weighted by Crippen LogP contribution is 2.56. The molecule has 1 nitrogen and oxygen atoms in total. The lowest BCUT2D eigenvalue weighted by atomic mass is 10.3. The summed E-state index contributed by atoms with van der Waals surface area (Å²) in [5.41, 5.74) is 0. The van der Waals surface area contributed by atoms with Gasteiger partial charge in [0.05, 0.1) is 0 Å². The monoisotopic (exact) mass is 180 g/mol. The molecule has 0 aromatic heterocycles. The van der Waals surface area contributed by atoms with E-state index in [-0.39, 0.29) is 0 Å². The van der Waals surface area contributed by atoms with Gasteiger partial charge >= 0.3 is 18.1 Å². The van der Waals surface area contributed by atoms with Crippen molar-refractivity contribution in [1.29, 1.82) is 0 Å². The van der Waals surface area contributed by atoms with Crippen LogP contribution in [-0.2, 0) is 4.74 Å². The first kappa shape index (κ1) is 8.63. The van der Waals surface area contributed by atoms with E-state index in [0.717, 1.165) is 0 Å². The molecule has 0 spiro atoms. The molecular weight excluding hydrogens is 178 g/mol. The van der Waals surface area contributed by atoms with E-state index in [1.54, 1.807) is 0 Å². The number of epoxide rings is 1. The van der Waals surface area contributed by atoms with E-state index in [1.807, 2.05) is 0 Å². The summed E-state index contributed by atoms with van der Waals surface area (Å²) in [5.74, 6) is -3.83. The van der Waals surface area contributed by atoms with Crippen LogP contribution in [0.3, 0.4) is 0 Å². The average Bonchev–Trinajstić information content (AvgIpc) is 1.96. The van der Waals surface area contributed by atoms with Crippen molar-refractivity contribution >= 4 is 0 Å². The zero-order chi connectivity index (χ0) is 8.91. The van der Waals surface area contributed by atoms with Crippen molar-refractivity contribution in [3.05, 3.63) is 0 Å². The Labute approximate surface area is 56.9 Å². The molecule has 0 N–H and O–H groups in total. The molecule has 1 heterocycles. The number of hydrogen-bond donors (Lipinski definition) is 0. The van der Waals surface area contributed by atoms with E-state index in [4.69, 9.17) is 0 Å². The van der Waals surface area contributed by atoms with Gasteiger partial charge < -0.3 is 0 Å². The van der Waals surface area contributed by atoms with Crippen LogP contribution in [0.2, 0.25) is 0 Å². The molecule has 0 aliphatic carbocycles. The highest BCUT2D eigenvalue weighted by Gasteiger charge is 2.79. The number of hydrogen-bond acceptors (Lipinski definition) is 1. The van der Waals surface area contributed by atoms with Crippen LogP contribution in [-0.4, -0.2) is 18.1 Å². The lowest BCUT2D eigenvalue weighted by Gasteiger charge is -2.05. The van der Waals surface area contributed by atoms with Gasteiger partial charge in [-0.05, 0) is 0 Å². The third kappa shape index (κ3) is 1.58. The topological polar surface area (TPSA) is 12.5 Å². The first-order valence-electron chi connectivity index (χ1n) is 2.50. The van der Waals surface area contributed by atoms with Crippen molar-refractivity contribution in [1.82, 2.24) is 0 Å². The van der Waals surface area contributed by atoms with Crippen LogP contribution in [0.5, 0.6) is 0 Å². The molecule has 11 heavy (non-hydrogen) atoms. The van der Waals surface area contributed by atoms with E-state index in [0.29, 0.717) is 0 Å². The second-order valence-corrected chi connectivity index (χ2v) is 2.14. The average molecular weight is 180 g/mol. The van der Waals surface area contributed by atoms with E-state index in [2.05, 4.69) is 4.74 Å². The summed E-state index contributed by atoms with van der Waals surface area (Å²) in [6.07, 6.45) is -11.5. The van der Waals surface area contributed by atoms with Gasteiger partial charge in [0, 0.05) is 0 Å². The summed E-state index contributed by atoms with van der Waals surface area (Å²) in [5, 5.41) is 0. The SMILES string of the molecule is FC(F)(F)CC1(F)OC1(F)F. The Hall–Kier alpha value is -0.460. The van der Waals surface area contributed by atoms with Gasteiger partial charge in [-0.25, -0.2) is 4.39 Å². The molecular formula is C4H2F6O. The van der Waals surface area contributed by atoms with E-state index < -0.39 is 24.6 Å². The Bertz CT molecular complexity index is 174. The second-order valence-electron chi connectivity index (χ2n) is 2.14. The van der Waals surface area contributed by atoms with Crippen LogP contribution in [0.4, 0.5) is 26.3 Å². The van der Waals surface area contributed by atoms with Gasteiger partial charge in [-0.3, -0.25) is 4.74 Å². The lowest BCUT2D eigenvalue weighted by Crippen LogP contribution is -2.22. The van der Waals surface area contributed by atoms with E-state index >= 15 is 0 Å². The van der Waals surface area contributed by atoms with Crippen molar-refractivity contribution in [3.8, 4) is 0 Å². The third-order valence-electron chi connectivity index (χ3n) is 1.11. The van der Waals surface area contributed by atoms with Gasteiger partial charge in [0.25, 0.3) is 0 Å². The molecule has 1 unspecified atom stereocenters. The smallest absolute Gasteiger partial charge is 0.270 e. The van der Waals surface area contributed by atoms with Gasteiger partial charge in [-0.1, -0.05) is 0 Å². The molecule has 0 amide bonds. The van der Waals surface area contributed by atoms with Crippen LogP contribution in [0.15, 0.2) is 0 Å². The van der Waals surface area contributed by atoms with Crippen LogP contribution in [0.1, 0.15) is 6.42 Å². The quantitative estimate of drug-likeness (QED) is 0.445. The molecule has 1 aliphatic heterocycles. The molecule has 1 atom stereocenters. The Balaban J connectivity index is 2.54. The first-order valence-corrected chi connectivity index (χ1v) is 2.50. The number of alkyl halides is 6. The van der Waals surface area contributed by atoms with Crippen molar-refractivity contribution in [2.75, 3.05) is 0 Å². The summed E-state index contributed by atoms with van der Waals surface area (Å²) in [6.45, 7) is 0. The number of halogens is 6. The summed E-state index contributed by atoms with van der Waals surface area (Å²) < 4.78 is 72.1. The normalized spacial score (nSPS) is 35.5. The number of ether oxygens (including phenoxy) is 1. The van der Waals surface area contributed by atoms with Crippen LogP contribution in [0, 0.1) is 0 Å². The predicted molar refractivity (Wildman–Crippen MR) is 20.5 cm³/mol. The molecule has 0 aromatic rings. The van der Waals surface area contributed by atoms with Crippen LogP contribution < -0.4 is 0 Å². The summed E-state index contributed by atoms with van der Waals surface area (Å²) in [7, 11) is 0. The summed E-state index contributed by atoms with van der Waals surface area (Å²) in [4.78, 5) is 0. The molecule has 1 rings (SSSR count).